The van der Waals surface area contributed by atoms with Crippen molar-refractivity contribution in [3.63, 3.8) is 0 Å². The quantitative estimate of drug-likeness (QED) is 0.673. The van der Waals surface area contributed by atoms with Crippen molar-refractivity contribution in [2.45, 2.75) is 32.2 Å². The van der Waals surface area contributed by atoms with Crippen molar-refractivity contribution < 1.29 is 14.7 Å². The third-order valence-electron chi connectivity index (χ3n) is 3.43. The van der Waals surface area contributed by atoms with Gasteiger partial charge in [0, 0.05) is 19.5 Å². The first-order valence-corrected chi connectivity index (χ1v) is 5.08. The van der Waals surface area contributed by atoms with Crippen molar-refractivity contribution in [2.24, 2.45) is 11.8 Å². The van der Waals surface area contributed by atoms with E-state index in [1.165, 1.54) is 0 Å². The van der Waals surface area contributed by atoms with E-state index >= 15 is 0 Å². The van der Waals surface area contributed by atoms with Crippen LogP contribution in [0.5, 0.6) is 0 Å². The predicted octanol–water partition coefficient (Wildman–Crippen LogP) is 0.718. The highest BCUT2D eigenvalue weighted by molar-refractivity contribution is 5.75. The summed E-state index contributed by atoms with van der Waals surface area (Å²) in [5.41, 5.74) is 0. The Morgan fingerprint density at radius 2 is 2.00 bits per heavy atom. The molecule has 1 amide bonds. The number of amides is 1. The average molecular weight is 197 g/mol. The van der Waals surface area contributed by atoms with Crippen molar-refractivity contribution >= 4 is 11.9 Å². The molecule has 78 valence electrons. The minimum Gasteiger partial charge on any atom is -0.481 e. The fourth-order valence-electron chi connectivity index (χ4n) is 2.82. The molecule has 4 nitrogen and oxygen atoms in total. The number of likely N-dealkylation sites (tertiary alicyclic amines) is 1. The van der Waals surface area contributed by atoms with Gasteiger partial charge in [0.25, 0.3) is 0 Å². The topological polar surface area (TPSA) is 57.6 Å². The van der Waals surface area contributed by atoms with Gasteiger partial charge in [-0.1, -0.05) is 0 Å². The molecule has 1 saturated carbocycles. The second kappa shape index (κ2) is 3.26. The number of carbonyl (C=O) groups excluding carboxylic acids is 1. The van der Waals surface area contributed by atoms with Gasteiger partial charge in [0.2, 0.25) is 5.91 Å². The summed E-state index contributed by atoms with van der Waals surface area (Å²) in [6, 6.07) is 0.187. The summed E-state index contributed by atoms with van der Waals surface area (Å²) in [6.45, 7) is 2.33. The molecule has 1 aliphatic carbocycles. The van der Waals surface area contributed by atoms with E-state index in [-0.39, 0.29) is 17.9 Å². The molecule has 0 radical (unpaired) electrons. The number of carboxylic acid groups (broad SMARTS) is 1. The highest BCUT2D eigenvalue weighted by Gasteiger charge is 2.42. The summed E-state index contributed by atoms with van der Waals surface area (Å²) in [4.78, 5) is 23.9. The molecular formula is C10H15NO3. The van der Waals surface area contributed by atoms with Crippen LogP contribution in [0.1, 0.15) is 26.2 Å². The molecule has 0 aromatic heterocycles. The molecule has 0 unspecified atom stereocenters. The summed E-state index contributed by atoms with van der Waals surface area (Å²) < 4.78 is 0. The van der Waals surface area contributed by atoms with Crippen LogP contribution in [0.3, 0.4) is 0 Å². The van der Waals surface area contributed by atoms with Gasteiger partial charge in [-0.3, -0.25) is 9.59 Å². The van der Waals surface area contributed by atoms with Crippen molar-refractivity contribution in [3.8, 4) is 0 Å². The lowest BCUT2D eigenvalue weighted by molar-refractivity contribution is -0.144. The Hall–Kier alpha value is -1.06. The third-order valence-corrected chi connectivity index (χ3v) is 3.43. The zero-order chi connectivity index (χ0) is 10.3. The Balaban J connectivity index is 2.08. The van der Waals surface area contributed by atoms with Crippen LogP contribution in [0, 0.1) is 11.8 Å². The Labute approximate surface area is 82.9 Å². The van der Waals surface area contributed by atoms with Crippen molar-refractivity contribution in [3.05, 3.63) is 0 Å². The van der Waals surface area contributed by atoms with Gasteiger partial charge in [-0.15, -0.1) is 0 Å². The molecule has 3 atom stereocenters. The molecule has 1 N–H and O–H groups in total. The average Bonchev–Trinajstić information content (AvgIpc) is 2.41. The van der Waals surface area contributed by atoms with Crippen LogP contribution in [0.2, 0.25) is 0 Å². The van der Waals surface area contributed by atoms with Gasteiger partial charge in [0.15, 0.2) is 0 Å². The van der Waals surface area contributed by atoms with Gasteiger partial charge < -0.3 is 10.0 Å². The molecule has 4 heteroatoms. The summed E-state index contributed by atoms with van der Waals surface area (Å²) in [5.74, 6) is -0.435. The van der Waals surface area contributed by atoms with Gasteiger partial charge in [-0.05, 0) is 25.2 Å². The van der Waals surface area contributed by atoms with Crippen molar-refractivity contribution in [2.75, 3.05) is 6.54 Å². The molecule has 14 heavy (non-hydrogen) atoms. The molecule has 1 aliphatic heterocycles. The number of hydrogen-bond acceptors (Lipinski definition) is 2. The fourth-order valence-corrected chi connectivity index (χ4v) is 2.82. The number of rotatable bonds is 1. The lowest BCUT2D eigenvalue weighted by Crippen LogP contribution is -2.35. The van der Waals surface area contributed by atoms with E-state index in [2.05, 4.69) is 0 Å². The highest BCUT2D eigenvalue weighted by atomic mass is 16.4. The summed E-state index contributed by atoms with van der Waals surface area (Å²) in [5, 5.41) is 8.92. The summed E-state index contributed by atoms with van der Waals surface area (Å²) >= 11 is 0. The smallest absolute Gasteiger partial charge is 0.306 e. The SMILES string of the molecule is CC(=O)N1C[C@H]2C[C@H](C(=O)O)C[C@@H]1C2. The zero-order valence-electron chi connectivity index (χ0n) is 8.27. The van der Waals surface area contributed by atoms with Crippen molar-refractivity contribution in [1.82, 2.24) is 4.90 Å². The van der Waals surface area contributed by atoms with Crippen LogP contribution < -0.4 is 0 Å². The van der Waals surface area contributed by atoms with Crippen LogP contribution in [0.4, 0.5) is 0 Å². The monoisotopic (exact) mass is 197 g/mol. The number of hydrogen-bond donors (Lipinski definition) is 1. The number of fused-ring (bicyclic) bond motifs is 2. The normalized spacial score (nSPS) is 35.8. The Morgan fingerprint density at radius 3 is 2.57 bits per heavy atom. The standard InChI is InChI=1S/C10H15NO3/c1-6(12)11-5-7-2-8(10(13)14)4-9(11)3-7/h7-9H,2-5H2,1H3,(H,13,14)/t7-,8-,9-/m0/s1. The number of carbonyl (C=O) groups is 2. The van der Waals surface area contributed by atoms with Gasteiger partial charge >= 0.3 is 5.97 Å². The van der Waals surface area contributed by atoms with E-state index in [1.54, 1.807) is 6.92 Å². The van der Waals surface area contributed by atoms with Crippen LogP contribution in [0.25, 0.3) is 0 Å². The van der Waals surface area contributed by atoms with E-state index in [4.69, 9.17) is 5.11 Å². The molecule has 2 bridgehead atoms. The minimum atomic E-state index is -0.704. The molecular weight excluding hydrogens is 182 g/mol. The molecule has 1 heterocycles. The maximum absolute atomic E-state index is 11.2. The van der Waals surface area contributed by atoms with Crippen molar-refractivity contribution in [1.29, 1.82) is 0 Å². The predicted molar refractivity (Wildman–Crippen MR) is 49.6 cm³/mol. The molecule has 1 saturated heterocycles. The maximum atomic E-state index is 11.2. The second-order valence-corrected chi connectivity index (χ2v) is 4.43. The van der Waals surface area contributed by atoms with Gasteiger partial charge in [0.1, 0.15) is 0 Å². The first kappa shape index (κ1) is 9.49. The first-order valence-electron chi connectivity index (χ1n) is 5.08. The Morgan fingerprint density at radius 1 is 1.29 bits per heavy atom. The van der Waals surface area contributed by atoms with E-state index in [0.717, 1.165) is 19.4 Å². The lowest BCUT2D eigenvalue weighted by atomic mass is 9.82. The number of carboxylic acids is 1. The van der Waals surface area contributed by atoms with Crippen LogP contribution in [-0.2, 0) is 9.59 Å². The van der Waals surface area contributed by atoms with Gasteiger partial charge in [-0.25, -0.2) is 0 Å². The molecule has 2 fully saturated rings. The Bertz CT molecular complexity index is 275. The highest BCUT2D eigenvalue weighted by Crippen LogP contribution is 2.38. The number of nitrogens with zero attached hydrogens (tertiary/aromatic N) is 1. The second-order valence-electron chi connectivity index (χ2n) is 4.43. The Kier molecular flexibility index (Phi) is 2.21. The van der Waals surface area contributed by atoms with Crippen LogP contribution >= 0.6 is 0 Å². The molecule has 0 aromatic rings. The van der Waals surface area contributed by atoms with Crippen LogP contribution in [0.15, 0.2) is 0 Å². The first-order chi connectivity index (χ1) is 6.58. The van der Waals surface area contributed by atoms with E-state index in [9.17, 15) is 9.59 Å². The molecule has 2 rings (SSSR count). The van der Waals surface area contributed by atoms with Gasteiger partial charge in [0.05, 0.1) is 5.92 Å². The molecule has 0 spiro atoms. The van der Waals surface area contributed by atoms with Gasteiger partial charge in [-0.2, -0.15) is 0 Å². The van der Waals surface area contributed by atoms with E-state index < -0.39 is 5.97 Å². The number of aliphatic carboxylic acids is 1. The maximum Gasteiger partial charge on any atom is 0.306 e. The third kappa shape index (κ3) is 1.49. The molecule has 0 aromatic carbocycles. The minimum absolute atomic E-state index is 0.0866. The molecule has 2 aliphatic rings. The lowest BCUT2D eigenvalue weighted by Gasteiger charge is -2.26. The largest absolute Gasteiger partial charge is 0.481 e. The summed E-state index contributed by atoms with van der Waals surface area (Å²) in [6.07, 6.45) is 2.39. The van der Waals surface area contributed by atoms with E-state index in [1.807, 2.05) is 4.90 Å². The van der Waals surface area contributed by atoms with Crippen LogP contribution in [-0.4, -0.2) is 34.5 Å². The fraction of sp³-hybridized carbons (Fsp3) is 0.800. The van der Waals surface area contributed by atoms with E-state index in [0.29, 0.717) is 12.3 Å². The summed E-state index contributed by atoms with van der Waals surface area (Å²) in [7, 11) is 0. The zero-order valence-corrected chi connectivity index (χ0v) is 8.27.